The molecule has 0 radical (unpaired) electrons. The number of carboxylic acid groups (broad SMARTS) is 1. The molecule has 0 fully saturated rings. The lowest BCUT2D eigenvalue weighted by Crippen LogP contribution is -2.38. The molecule has 1 aromatic heterocycles. The van der Waals surface area contributed by atoms with Crippen molar-refractivity contribution in [3.8, 4) is 0 Å². The van der Waals surface area contributed by atoms with E-state index >= 15 is 0 Å². The highest BCUT2D eigenvalue weighted by molar-refractivity contribution is 7.89. The molecule has 0 saturated heterocycles. The second-order valence-corrected chi connectivity index (χ2v) is 4.74. The van der Waals surface area contributed by atoms with E-state index in [0.717, 1.165) is 6.20 Å². The molecule has 0 spiro atoms. The van der Waals surface area contributed by atoms with Crippen LogP contribution in [-0.4, -0.2) is 35.3 Å². The predicted octanol–water partition coefficient (Wildman–Crippen LogP) is -0.828. The van der Waals surface area contributed by atoms with Crippen molar-refractivity contribution in [3.05, 3.63) is 12.4 Å². The van der Waals surface area contributed by atoms with Gasteiger partial charge in [0.1, 0.15) is 10.9 Å². The molecule has 7 nitrogen and oxygen atoms in total. The molecule has 0 bridgehead atoms. The average molecular weight is 233 g/mol. The first-order valence-corrected chi connectivity index (χ1v) is 5.55. The van der Waals surface area contributed by atoms with Crippen LogP contribution in [-0.2, 0) is 21.9 Å². The van der Waals surface area contributed by atoms with Gasteiger partial charge in [-0.15, -0.1) is 0 Å². The molecule has 0 aliphatic carbocycles. The second-order valence-electron chi connectivity index (χ2n) is 3.03. The normalized spacial score (nSPS) is 13.7. The summed E-state index contributed by atoms with van der Waals surface area (Å²) >= 11 is 0. The lowest BCUT2D eigenvalue weighted by Gasteiger charge is -2.07. The minimum Gasteiger partial charge on any atom is -0.480 e. The molecule has 0 aliphatic rings. The summed E-state index contributed by atoms with van der Waals surface area (Å²) < 4.78 is 26.4. The molecule has 1 unspecified atom stereocenters. The van der Waals surface area contributed by atoms with Gasteiger partial charge in [-0.1, -0.05) is 0 Å². The van der Waals surface area contributed by atoms with Gasteiger partial charge in [-0.05, 0) is 6.92 Å². The van der Waals surface area contributed by atoms with Crippen LogP contribution in [0.3, 0.4) is 0 Å². The van der Waals surface area contributed by atoms with Crippen LogP contribution < -0.4 is 4.72 Å². The summed E-state index contributed by atoms with van der Waals surface area (Å²) in [6, 6.07) is -1.17. The molecular formula is C7H11N3O4S. The Balaban J connectivity index is 2.90. The molecule has 15 heavy (non-hydrogen) atoms. The number of hydrogen-bond donors (Lipinski definition) is 2. The van der Waals surface area contributed by atoms with Crippen molar-refractivity contribution in [2.24, 2.45) is 7.05 Å². The van der Waals surface area contributed by atoms with E-state index in [1.165, 1.54) is 17.8 Å². The largest absolute Gasteiger partial charge is 0.480 e. The summed E-state index contributed by atoms with van der Waals surface area (Å²) in [5, 5.41) is 12.2. The fourth-order valence-corrected chi connectivity index (χ4v) is 2.07. The van der Waals surface area contributed by atoms with Gasteiger partial charge in [0.15, 0.2) is 0 Å². The van der Waals surface area contributed by atoms with Gasteiger partial charge in [0.2, 0.25) is 10.0 Å². The number of sulfonamides is 1. The number of carboxylic acids is 1. The molecule has 8 heteroatoms. The number of carbonyl (C=O) groups is 1. The maximum absolute atomic E-state index is 11.5. The minimum absolute atomic E-state index is 0.0573. The molecular weight excluding hydrogens is 222 g/mol. The maximum Gasteiger partial charge on any atom is 0.321 e. The zero-order valence-electron chi connectivity index (χ0n) is 8.21. The van der Waals surface area contributed by atoms with Crippen molar-refractivity contribution in [1.29, 1.82) is 0 Å². The van der Waals surface area contributed by atoms with E-state index in [-0.39, 0.29) is 4.90 Å². The van der Waals surface area contributed by atoms with Crippen molar-refractivity contribution >= 4 is 16.0 Å². The molecule has 2 N–H and O–H groups in total. The molecule has 84 valence electrons. The Bertz CT molecular complexity index is 464. The third-order valence-electron chi connectivity index (χ3n) is 1.69. The minimum atomic E-state index is -3.80. The summed E-state index contributed by atoms with van der Waals surface area (Å²) in [6.07, 6.45) is 2.44. The van der Waals surface area contributed by atoms with Crippen molar-refractivity contribution in [1.82, 2.24) is 14.5 Å². The second kappa shape index (κ2) is 3.99. The standard InChI is InChI=1S/C7H11N3O4S/c1-5(7(11)12)9-15(13,14)6-3-8-10(2)4-6/h3-5,9H,1-2H3,(H,11,12). The topological polar surface area (TPSA) is 101 Å². The van der Waals surface area contributed by atoms with Crippen LogP contribution in [0.5, 0.6) is 0 Å². The zero-order chi connectivity index (χ0) is 11.6. The molecule has 1 heterocycles. The Labute approximate surface area is 86.8 Å². The van der Waals surface area contributed by atoms with E-state index in [1.54, 1.807) is 7.05 Å². The highest BCUT2D eigenvalue weighted by atomic mass is 32.2. The highest BCUT2D eigenvalue weighted by Gasteiger charge is 2.22. The number of aromatic nitrogens is 2. The Morgan fingerprint density at radius 1 is 1.67 bits per heavy atom. The molecule has 0 aliphatic heterocycles. The van der Waals surface area contributed by atoms with Gasteiger partial charge >= 0.3 is 5.97 Å². The van der Waals surface area contributed by atoms with Gasteiger partial charge < -0.3 is 5.11 Å². The van der Waals surface area contributed by atoms with E-state index in [1.807, 2.05) is 4.72 Å². The van der Waals surface area contributed by atoms with Gasteiger partial charge in [-0.2, -0.15) is 9.82 Å². The van der Waals surface area contributed by atoms with Crippen molar-refractivity contribution in [2.75, 3.05) is 0 Å². The van der Waals surface area contributed by atoms with E-state index in [4.69, 9.17) is 5.11 Å². The Morgan fingerprint density at radius 3 is 2.67 bits per heavy atom. The number of nitrogens with zero attached hydrogens (tertiary/aromatic N) is 2. The van der Waals surface area contributed by atoms with Crippen LogP contribution in [0.1, 0.15) is 6.92 Å². The first-order valence-electron chi connectivity index (χ1n) is 4.06. The summed E-state index contributed by atoms with van der Waals surface area (Å²) in [5.74, 6) is -1.23. The summed E-state index contributed by atoms with van der Waals surface area (Å²) in [6.45, 7) is 1.25. The van der Waals surface area contributed by atoms with Crippen molar-refractivity contribution in [2.45, 2.75) is 17.9 Å². The monoisotopic (exact) mass is 233 g/mol. The zero-order valence-corrected chi connectivity index (χ0v) is 9.02. The number of aryl methyl sites for hydroxylation is 1. The third-order valence-corrected chi connectivity index (χ3v) is 3.19. The first kappa shape index (κ1) is 11.7. The first-order chi connectivity index (χ1) is 6.83. The fourth-order valence-electron chi connectivity index (χ4n) is 0.889. The van der Waals surface area contributed by atoms with Gasteiger partial charge in [-0.25, -0.2) is 8.42 Å². The summed E-state index contributed by atoms with van der Waals surface area (Å²) in [7, 11) is -2.23. The Morgan fingerprint density at radius 2 is 2.27 bits per heavy atom. The number of hydrogen-bond acceptors (Lipinski definition) is 4. The molecule has 0 saturated carbocycles. The van der Waals surface area contributed by atoms with Crippen LogP contribution in [0.2, 0.25) is 0 Å². The molecule has 1 atom stereocenters. The fraction of sp³-hybridized carbons (Fsp3) is 0.429. The van der Waals surface area contributed by atoms with Gasteiger partial charge in [0.25, 0.3) is 0 Å². The smallest absolute Gasteiger partial charge is 0.321 e. The van der Waals surface area contributed by atoms with E-state index in [9.17, 15) is 13.2 Å². The third kappa shape index (κ3) is 2.77. The maximum atomic E-state index is 11.5. The van der Waals surface area contributed by atoms with Crippen molar-refractivity contribution in [3.63, 3.8) is 0 Å². The average Bonchev–Trinajstić information content (AvgIpc) is 2.51. The lowest BCUT2D eigenvalue weighted by molar-refractivity contribution is -0.138. The SMILES string of the molecule is CC(NS(=O)(=O)c1cnn(C)c1)C(=O)O. The number of rotatable bonds is 4. The lowest BCUT2D eigenvalue weighted by atomic mass is 10.4. The summed E-state index contributed by atoms with van der Waals surface area (Å²) in [4.78, 5) is 10.4. The number of nitrogens with one attached hydrogen (secondary N) is 1. The highest BCUT2D eigenvalue weighted by Crippen LogP contribution is 2.06. The van der Waals surface area contributed by atoms with Gasteiger partial charge in [-0.3, -0.25) is 9.48 Å². The van der Waals surface area contributed by atoms with Crippen LogP contribution in [0.15, 0.2) is 17.3 Å². The Kier molecular flexibility index (Phi) is 3.10. The van der Waals surface area contributed by atoms with Crippen LogP contribution >= 0.6 is 0 Å². The molecule has 0 aromatic carbocycles. The van der Waals surface area contributed by atoms with Gasteiger partial charge in [0.05, 0.1) is 6.20 Å². The molecule has 1 rings (SSSR count). The Hall–Kier alpha value is -1.41. The number of aliphatic carboxylic acids is 1. The van der Waals surface area contributed by atoms with E-state index in [2.05, 4.69) is 5.10 Å². The molecule has 1 aromatic rings. The van der Waals surface area contributed by atoms with Gasteiger partial charge in [0, 0.05) is 13.2 Å². The summed E-state index contributed by atoms with van der Waals surface area (Å²) in [5.41, 5.74) is 0. The van der Waals surface area contributed by atoms with Crippen LogP contribution in [0.25, 0.3) is 0 Å². The van der Waals surface area contributed by atoms with Crippen LogP contribution in [0.4, 0.5) is 0 Å². The quantitative estimate of drug-likeness (QED) is 0.707. The van der Waals surface area contributed by atoms with Crippen LogP contribution in [0, 0.1) is 0 Å². The van der Waals surface area contributed by atoms with Crippen molar-refractivity contribution < 1.29 is 18.3 Å². The van der Waals surface area contributed by atoms with E-state index < -0.39 is 22.0 Å². The molecule has 0 amide bonds. The van der Waals surface area contributed by atoms with E-state index in [0.29, 0.717) is 0 Å². The predicted molar refractivity (Wildman–Crippen MR) is 50.6 cm³/mol.